The van der Waals surface area contributed by atoms with E-state index in [0.717, 1.165) is 22.9 Å². The molecular formula is C18H17N3O4S2. The third-order valence-corrected chi connectivity index (χ3v) is 5.16. The Morgan fingerprint density at radius 2 is 2.04 bits per heavy atom. The number of rotatable bonds is 7. The molecule has 0 aliphatic carbocycles. The normalized spacial score (nSPS) is 10.6. The highest BCUT2D eigenvalue weighted by molar-refractivity contribution is 7.99. The highest BCUT2D eigenvalue weighted by Crippen LogP contribution is 2.36. The van der Waals surface area contributed by atoms with E-state index in [1.54, 1.807) is 13.8 Å². The van der Waals surface area contributed by atoms with E-state index in [-0.39, 0.29) is 18.3 Å². The first-order valence-corrected chi connectivity index (χ1v) is 10.0. The van der Waals surface area contributed by atoms with Gasteiger partial charge in [0.1, 0.15) is 10.6 Å². The molecule has 1 amide bonds. The van der Waals surface area contributed by atoms with Crippen LogP contribution in [0.25, 0.3) is 11.1 Å². The molecule has 0 bridgehead atoms. The van der Waals surface area contributed by atoms with E-state index < -0.39 is 5.97 Å². The Morgan fingerprint density at radius 3 is 2.70 bits per heavy atom. The van der Waals surface area contributed by atoms with Gasteiger partial charge in [-0.1, -0.05) is 42.1 Å². The maximum atomic E-state index is 12.5. The summed E-state index contributed by atoms with van der Waals surface area (Å²) >= 11 is 2.42. The van der Waals surface area contributed by atoms with Crippen LogP contribution in [0.4, 0.5) is 5.00 Å². The topological polar surface area (TPSA) is 94.3 Å². The Bertz CT molecular complexity index is 937. The lowest BCUT2D eigenvalue weighted by Gasteiger charge is -2.08. The number of amides is 1. The number of nitrogens with one attached hydrogen (secondary N) is 1. The van der Waals surface area contributed by atoms with Gasteiger partial charge in [0.2, 0.25) is 11.8 Å². The first-order chi connectivity index (χ1) is 13.1. The van der Waals surface area contributed by atoms with Gasteiger partial charge in [-0.3, -0.25) is 4.79 Å². The van der Waals surface area contributed by atoms with Gasteiger partial charge in [0.05, 0.1) is 12.4 Å². The monoisotopic (exact) mass is 403 g/mol. The molecule has 0 saturated carbocycles. The number of benzene rings is 1. The molecule has 0 radical (unpaired) electrons. The zero-order valence-corrected chi connectivity index (χ0v) is 16.4. The number of aryl methyl sites for hydroxylation is 1. The number of thiophene rings is 1. The minimum absolute atomic E-state index is 0.0858. The summed E-state index contributed by atoms with van der Waals surface area (Å²) in [6, 6.07) is 9.50. The lowest BCUT2D eigenvalue weighted by molar-refractivity contribution is -0.113. The number of carbonyl (C=O) groups is 2. The molecule has 1 aromatic carbocycles. The van der Waals surface area contributed by atoms with Crippen LogP contribution in [0.15, 0.2) is 45.4 Å². The van der Waals surface area contributed by atoms with E-state index in [2.05, 4.69) is 15.5 Å². The highest BCUT2D eigenvalue weighted by atomic mass is 32.2. The van der Waals surface area contributed by atoms with Gasteiger partial charge in [-0.05, 0) is 12.5 Å². The summed E-state index contributed by atoms with van der Waals surface area (Å²) < 4.78 is 10.4. The summed E-state index contributed by atoms with van der Waals surface area (Å²) in [5, 5.41) is 13.0. The van der Waals surface area contributed by atoms with Crippen LogP contribution in [0.3, 0.4) is 0 Å². The fraction of sp³-hybridized carbons (Fsp3) is 0.222. The van der Waals surface area contributed by atoms with Crippen molar-refractivity contribution in [3.8, 4) is 11.1 Å². The van der Waals surface area contributed by atoms with Crippen LogP contribution < -0.4 is 5.32 Å². The molecule has 0 unspecified atom stereocenters. The number of hydrogen-bond donors (Lipinski definition) is 1. The summed E-state index contributed by atoms with van der Waals surface area (Å²) in [7, 11) is 0. The van der Waals surface area contributed by atoms with Gasteiger partial charge < -0.3 is 14.5 Å². The second kappa shape index (κ2) is 8.83. The van der Waals surface area contributed by atoms with Crippen LogP contribution in [0.2, 0.25) is 0 Å². The highest BCUT2D eigenvalue weighted by Gasteiger charge is 2.23. The minimum atomic E-state index is -0.465. The number of anilines is 1. The van der Waals surface area contributed by atoms with Gasteiger partial charge in [-0.15, -0.1) is 21.5 Å². The van der Waals surface area contributed by atoms with Crippen molar-refractivity contribution in [2.24, 2.45) is 0 Å². The van der Waals surface area contributed by atoms with Crippen molar-refractivity contribution >= 4 is 40.0 Å². The van der Waals surface area contributed by atoms with Crippen LogP contribution in [0.1, 0.15) is 23.2 Å². The van der Waals surface area contributed by atoms with Gasteiger partial charge in [-0.2, -0.15) is 0 Å². The van der Waals surface area contributed by atoms with Gasteiger partial charge >= 0.3 is 5.97 Å². The number of nitrogens with zero attached hydrogens (tertiary/aromatic N) is 2. The van der Waals surface area contributed by atoms with Gasteiger partial charge in [0, 0.05) is 17.9 Å². The third-order valence-electron chi connectivity index (χ3n) is 3.44. The molecule has 3 rings (SSSR count). The van der Waals surface area contributed by atoms with Crippen molar-refractivity contribution in [3.63, 3.8) is 0 Å². The van der Waals surface area contributed by atoms with E-state index >= 15 is 0 Å². The first kappa shape index (κ1) is 19.1. The van der Waals surface area contributed by atoms with Crippen LogP contribution in [-0.4, -0.2) is 34.4 Å². The second-order valence-corrected chi connectivity index (χ2v) is 7.17. The van der Waals surface area contributed by atoms with Crippen LogP contribution >= 0.6 is 23.1 Å². The van der Waals surface area contributed by atoms with E-state index in [0.29, 0.717) is 21.7 Å². The molecule has 0 spiro atoms. The Labute approximate surface area is 164 Å². The lowest BCUT2D eigenvalue weighted by atomic mass is 10.0. The minimum Gasteiger partial charge on any atom is -0.462 e. The van der Waals surface area contributed by atoms with E-state index in [1.807, 2.05) is 35.7 Å². The number of aromatic nitrogens is 2. The van der Waals surface area contributed by atoms with Crippen molar-refractivity contribution in [1.82, 2.24) is 10.2 Å². The predicted molar refractivity (Wildman–Crippen MR) is 104 cm³/mol. The first-order valence-electron chi connectivity index (χ1n) is 8.15. The average Bonchev–Trinajstić information content (AvgIpc) is 3.27. The molecule has 7 nitrogen and oxygen atoms in total. The molecule has 9 heteroatoms. The number of carbonyl (C=O) groups excluding carboxylic acids is 2. The van der Waals surface area contributed by atoms with Crippen molar-refractivity contribution in [1.29, 1.82) is 0 Å². The van der Waals surface area contributed by atoms with Gasteiger partial charge in [-0.25, -0.2) is 4.79 Å². The average molecular weight is 403 g/mol. The molecule has 2 heterocycles. The number of esters is 1. The fourth-order valence-electron chi connectivity index (χ4n) is 2.31. The molecule has 3 aromatic rings. The fourth-order valence-corrected chi connectivity index (χ4v) is 3.89. The quantitative estimate of drug-likeness (QED) is 0.470. The Hall–Kier alpha value is -2.65. The maximum Gasteiger partial charge on any atom is 0.341 e. The van der Waals surface area contributed by atoms with Crippen LogP contribution in [0.5, 0.6) is 0 Å². The molecule has 140 valence electrons. The Morgan fingerprint density at radius 1 is 1.26 bits per heavy atom. The maximum absolute atomic E-state index is 12.5. The second-order valence-electron chi connectivity index (χ2n) is 5.36. The number of ether oxygens (including phenoxy) is 1. The van der Waals surface area contributed by atoms with E-state index in [4.69, 9.17) is 9.15 Å². The van der Waals surface area contributed by atoms with Gasteiger partial charge in [0.25, 0.3) is 5.22 Å². The smallest absolute Gasteiger partial charge is 0.341 e. The summed E-state index contributed by atoms with van der Waals surface area (Å²) in [4.78, 5) is 24.8. The Balaban J connectivity index is 1.78. The summed E-state index contributed by atoms with van der Waals surface area (Å²) in [5.74, 6) is -0.216. The zero-order chi connectivity index (χ0) is 19.2. The zero-order valence-electron chi connectivity index (χ0n) is 14.7. The van der Waals surface area contributed by atoms with Crippen molar-refractivity contribution < 1.29 is 18.7 Å². The third kappa shape index (κ3) is 4.75. The SMILES string of the molecule is CCOC(=O)c1c(-c2ccccc2)csc1NC(=O)CSc1nnc(C)o1. The molecule has 27 heavy (non-hydrogen) atoms. The largest absolute Gasteiger partial charge is 0.462 e. The predicted octanol–water partition coefficient (Wildman–Crippen LogP) is 4.01. The molecule has 2 aromatic heterocycles. The van der Waals surface area contributed by atoms with Crippen LogP contribution in [0, 0.1) is 6.92 Å². The van der Waals surface area contributed by atoms with Crippen molar-refractivity contribution in [2.75, 3.05) is 17.7 Å². The molecule has 1 N–H and O–H groups in total. The van der Waals surface area contributed by atoms with Crippen molar-refractivity contribution in [2.45, 2.75) is 19.1 Å². The lowest BCUT2D eigenvalue weighted by Crippen LogP contribution is -2.16. The molecule has 0 saturated heterocycles. The van der Waals surface area contributed by atoms with Gasteiger partial charge in [0.15, 0.2) is 0 Å². The molecular weight excluding hydrogens is 386 g/mol. The number of hydrogen-bond acceptors (Lipinski definition) is 8. The van der Waals surface area contributed by atoms with E-state index in [1.165, 1.54) is 11.3 Å². The molecule has 0 fully saturated rings. The summed E-state index contributed by atoms with van der Waals surface area (Å²) in [6.07, 6.45) is 0. The summed E-state index contributed by atoms with van der Waals surface area (Å²) in [6.45, 7) is 3.68. The summed E-state index contributed by atoms with van der Waals surface area (Å²) in [5.41, 5.74) is 1.97. The molecule has 0 aliphatic heterocycles. The van der Waals surface area contributed by atoms with Crippen LogP contribution in [-0.2, 0) is 9.53 Å². The standard InChI is InChI=1S/C18H17N3O4S2/c1-3-24-17(23)15-13(12-7-5-4-6-8-12)9-26-16(15)19-14(22)10-27-18-21-20-11(2)25-18/h4-9H,3,10H2,1-2H3,(H,19,22). The van der Waals surface area contributed by atoms with Crippen molar-refractivity contribution in [3.05, 3.63) is 47.2 Å². The number of thioether (sulfide) groups is 1. The Kier molecular flexibility index (Phi) is 6.25. The molecule has 0 aliphatic rings. The van der Waals surface area contributed by atoms with E-state index in [9.17, 15) is 9.59 Å². The molecule has 0 atom stereocenters.